The van der Waals surface area contributed by atoms with Gasteiger partial charge in [0.2, 0.25) is 0 Å². The van der Waals surface area contributed by atoms with E-state index in [0.717, 1.165) is 37.9 Å². The summed E-state index contributed by atoms with van der Waals surface area (Å²) >= 11 is 0. The summed E-state index contributed by atoms with van der Waals surface area (Å²) in [5.74, 6) is 1.88. The Morgan fingerprint density at radius 1 is 1.08 bits per heavy atom. The van der Waals surface area contributed by atoms with Crippen molar-refractivity contribution in [2.45, 2.75) is 46.0 Å². The van der Waals surface area contributed by atoms with E-state index in [1.807, 2.05) is 7.05 Å². The van der Waals surface area contributed by atoms with E-state index >= 15 is 0 Å². The topological polar surface area (TPSA) is 30.9 Å². The third kappa shape index (κ3) is 5.47. The van der Waals surface area contributed by atoms with Gasteiger partial charge in [-0.2, -0.15) is 0 Å². The maximum absolute atomic E-state index is 4.54. The summed E-state index contributed by atoms with van der Waals surface area (Å²) in [5, 5.41) is 3.59. The van der Waals surface area contributed by atoms with Gasteiger partial charge in [-0.05, 0) is 64.1 Å². The average molecular weight is 357 g/mol. The lowest BCUT2D eigenvalue weighted by Gasteiger charge is -2.29. The van der Waals surface area contributed by atoms with Crippen LogP contribution in [0.15, 0.2) is 23.2 Å². The van der Waals surface area contributed by atoms with Crippen LogP contribution in [-0.2, 0) is 6.42 Å². The maximum Gasteiger partial charge on any atom is 0.193 e. The standard InChI is InChI=1S/C22H36N4/c1-18-13-19(2)15-20(14-18)7-9-24-22(23-3)26-12-8-21(17-26)16-25-10-5-4-6-11-25/h13-15,21H,4-12,16-17H2,1-3H3,(H,23,24). The Morgan fingerprint density at radius 2 is 1.81 bits per heavy atom. The number of piperidine rings is 1. The zero-order valence-electron chi connectivity index (χ0n) is 16.9. The van der Waals surface area contributed by atoms with Crippen LogP contribution in [0.2, 0.25) is 0 Å². The number of hydrogen-bond donors (Lipinski definition) is 1. The Labute approximate surface area is 159 Å². The molecule has 1 atom stereocenters. The minimum atomic E-state index is 0.797. The van der Waals surface area contributed by atoms with Gasteiger partial charge < -0.3 is 15.1 Å². The molecular formula is C22H36N4. The SMILES string of the molecule is CN=C(NCCc1cc(C)cc(C)c1)N1CCC(CN2CCCCC2)C1. The highest BCUT2D eigenvalue weighted by molar-refractivity contribution is 5.80. The van der Waals surface area contributed by atoms with Crippen LogP contribution in [0.1, 0.15) is 42.4 Å². The molecule has 2 aliphatic heterocycles. The molecule has 2 saturated heterocycles. The number of aliphatic imine (C=N–C) groups is 1. The highest BCUT2D eigenvalue weighted by Crippen LogP contribution is 2.20. The lowest BCUT2D eigenvalue weighted by Crippen LogP contribution is -2.42. The van der Waals surface area contributed by atoms with Gasteiger partial charge in [0.1, 0.15) is 0 Å². The summed E-state index contributed by atoms with van der Waals surface area (Å²) in [6.45, 7) is 11.5. The number of guanidine groups is 1. The molecule has 1 aromatic carbocycles. The Hall–Kier alpha value is -1.55. The molecule has 3 rings (SSSR count). The fourth-order valence-corrected chi connectivity index (χ4v) is 4.55. The summed E-state index contributed by atoms with van der Waals surface area (Å²) in [7, 11) is 1.91. The highest BCUT2D eigenvalue weighted by atomic mass is 15.3. The minimum absolute atomic E-state index is 0.797. The summed E-state index contributed by atoms with van der Waals surface area (Å²) in [6, 6.07) is 6.83. The van der Waals surface area contributed by atoms with E-state index in [1.54, 1.807) is 0 Å². The van der Waals surface area contributed by atoms with E-state index in [2.05, 4.69) is 52.2 Å². The number of likely N-dealkylation sites (tertiary alicyclic amines) is 2. The minimum Gasteiger partial charge on any atom is -0.356 e. The predicted molar refractivity (Wildman–Crippen MR) is 111 cm³/mol. The molecule has 0 bridgehead atoms. The van der Waals surface area contributed by atoms with Crippen molar-refractivity contribution in [2.24, 2.45) is 10.9 Å². The second-order valence-electron chi connectivity index (χ2n) is 8.18. The van der Waals surface area contributed by atoms with Gasteiger partial charge in [-0.1, -0.05) is 35.7 Å². The van der Waals surface area contributed by atoms with Gasteiger partial charge in [0, 0.05) is 33.2 Å². The number of benzene rings is 1. The van der Waals surface area contributed by atoms with Gasteiger partial charge in [0.25, 0.3) is 0 Å². The van der Waals surface area contributed by atoms with E-state index in [1.165, 1.54) is 62.0 Å². The zero-order valence-corrected chi connectivity index (χ0v) is 16.9. The smallest absolute Gasteiger partial charge is 0.193 e. The fourth-order valence-electron chi connectivity index (χ4n) is 4.55. The van der Waals surface area contributed by atoms with Crippen molar-refractivity contribution in [1.82, 2.24) is 15.1 Å². The molecule has 0 radical (unpaired) electrons. The van der Waals surface area contributed by atoms with Crippen molar-refractivity contribution in [3.63, 3.8) is 0 Å². The normalized spacial score (nSPS) is 22.0. The summed E-state index contributed by atoms with van der Waals surface area (Å²) < 4.78 is 0. The fraction of sp³-hybridized carbons (Fsp3) is 0.682. The molecular weight excluding hydrogens is 320 g/mol. The van der Waals surface area contributed by atoms with Crippen molar-refractivity contribution >= 4 is 5.96 Å². The Morgan fingerprint density at radius 3 is 2.50 bits per heavy atom. The number of rotatable bonds is 5. The molecule has 0 amide bonds. The Balaban J connectivity index is 1.44. The van der Waals surface area contributed by atoms with Gasteiger partial charge in [-0.25, -0.2) is 0 Å². The van der Waals surface area contributed by atoms with Crippen LogP contribution >= 0.6 is 0 Å². The van der Waals surface area contributed by atoms with Crippen molar-refractivity contribution < 1.29 is 0 Å². The highest BCUT2D eigenvalue weighted by Gasteiger charge is 2.26. The summed E-state index contributed by atoms with van der Waals surface area (Å²) in [5.41, 5.74) is 4.11. The van der Waals surface area contributed by atoms with E-state index in [0.29, 0.717) is 0 Å². The van der Waals surface area contributed by atoms with E-state index in [9.17, 15) is 0 Å². The number of aryl methyl sites for hydroxylation is 2. The molecule has 1 unspecified atom stereocenters. The first-order valence-corrected chi connectivity index (χ1v) is 10.4. The van der Waals surface area contributed by atoms with Crippen LogP contribution in [0, 0.1) is 19.8 Å². The summed E-state index contributed by atoms with van der Waals surface area (Å²) in [4.78, 5) is 9.66. The van der Waals surface area contributed by atoms with Gasteiger partial charge in [-0.15, -0.1) is 0 Å². The molecule has 26 heavy (non-hydrogen) atoms. The van der Waals surface area contributed by atoms with Crippen molar-refractivity contribution in [1.29, 1.82) is 0 Å². The molecule has 1 N–H and O–H groups in total. The number of nitrogens with zero attached hydrogens (tertiary/aromatic N) is 3. The monoisotopic (exact) mass is 356 g/mol. The van der Waals surface area contributed by atoms with Crippen LogP contribution in [0.4, 0.5) is 0 Å². The Bertz CT molecular complexity index is 584. The predicted octanol–water partition coefficient (Wildman–Crippen LogP) is 3.23. The van der Waals surface area contributed by atoms with Crippen LogP contribution in [0.25, 0.3) is 0 Å². The second-order valence-corrected chi connectivity index (χ2v) is 8.18. The number of hydrogen-bond acceptors (Lipinski definition) is 2. The van der Waals surface area contributed by atoms with E-state index in [-0.39, 0.29) is 0 Å². The van der Waals surface area contributed by atoms with Crippen LogP contribution in [0.5, 0.6) is 0 Å². The molecule has 144 valence electrons. The van der Waals surface area contributed by atoms with Crippen molar-refractivity contribution in [2.75, 3.05) is 46.3 Å². The number of nitrogens with one attached hydrogen (secondary N) is 1. The zero-order chi connectivity index (χ0) is 18.4. The lowest BCUT2D eigenvalue weighted by molar-refractivity contribution is 0.198. The van der Waals surface area contributed by atoms with Crippen LogP contribution in [-0.4, -0.2) is 62.1 Å². The third-order valence-electron chi connectivity index (χ3n) is 5.74. The first-order valence-electron chi connectivity index (χ1n) is 10.4. The van der Waals surface area contributed by atoms with Gasteiger partial charge in [0.15, 0.2) is 5.96 Å². The Kier molecular flexibility index (Phi) is 6.95. The van der Waals surface area contributed by atoms with E-state index < -0.39 is 0 Å². The first-order chi connectivity index (χ1) is 12.6. The lowest BCUT2D eigenvalue weighted by atomic mass is 10.1. The van der Waals surface area contributed by atoms with Crippen molar-refractivity contribution in [3.8, 4) is 0 Å². The van der Waals surface area contributed by atoms with Gasteiger partial charge in [0.05, 0.1) is 0 Å². The molecule has 0 spiro atoms. The van der Waals surface area contributed by atoms with Crippen molar-refractivity contribution in [3.05, 3.63) is 34.9 Å². The molecule has 0 aliphatic carbocycles. The molecule has 0 saturated carbocycles. The molecule has 0 aromatic heterocycles. The van der Waals surface area contributed by atoms with Crippen LogP contribution in [0.3, 0.4) is 0 Å². The van der Waals surface area contributed by atoms with Gasteiger partial charge >= 0.3 is 0 Å². The maximum atomic E-state index is 4.54. The first kappa shape index (κ1) is 19.2. The third-order valence-corrected chi connectivity index (χ3v) is 5.74. The quantitative estimate of drug-likeness (QED) is 0.649. The average Bonchev–Trinajstić information content (AvgIpc) is 3.07. The molecule has 4 nitrogen and oxygen atoms in total. The van der Waals surface area contributed by atoms with E-state index in [4.69, 9.17) is 0 Å². The van der Waals surface area contributed by atoms with Gasteiger partial charge in [-0.3, -0.25) is 4.99 Å². The van der Waals surface area contributed by atoms with Crippen LogP contribution < -0.4 is 5.32 Å². The molecule has 2 fully saturated rings. The molecule has 2 heterocycles. The second kappa shape index (κ2) is 9.40. The summed E-state index contributed by atoms with van der Waals surface area (Å²) in [6.07, 6.45) is 6.54. The largest absolute Gasteiger partial charge is 0.356 e. The molecule has 2 aliphatic rings. The molecule has 4 heteroatoms. The molecule has 1 aromatic rings.